The largest absolute Gasteiger partial charge is 0.493 e. The molecule has 1 fully saturated rings. The second-order valence-electron chi connectivity index (χ2n) is 11.2. The van der Waals surface area contributed by atoms with Crippen molar-refractivity contribution in [3.8, 4) is 11.5 Å². The number of likely N-dealkylation sites (N-methyl/N-ethyl adjacent to an activating group) is 1. The number of aromatic nitrogens is 3. The van der Waals surface area contributed by atoms with Gasteiger partial charge in [-0.2, -0.15) is 13.2 Å². The van der Waals surface area contributed by atoms with Crippen LogP contribution in [0.15, 0.2) is 54.9 Å². The zero-order valence-electron chi connectivity index (χ0n) is 26.0. The molecule has 252 valence electrons. The minimum atomic E-state index is -4.58. The molecule has 0 aliphatic carbocycles. The Bertz CT molecular complexity index is 1930. The predicted molar refractivity (Wildman–Crippen MR) is 182 cm³/mol. The highest BCUT2D eigenvalue weighted by Crippen LogP contribution is 2.37. The van der Waals surface area contributed by atoms with Crippen LogP contribution in [0.25, 0.3) is 21.1 Å². The molecule has 1 aliphatic rings. The van der Waals surface area contributed by atoms with Crippen molar-refractivity contribution >= 4 is 72.4 Å². The number of halogens is 4. The van der Waals surface area contributed by atoms with Crippen molar-refractivity contribution in [2.75, 3.05) is 69.4 Å². The molecule has 3 heterocycles. The van der Waals surface area contributed by atoms with Gasteiger partial charge in [0.15, 0.2) is 16.6 Å². The summed E-state index contributed by atoms with van der Waals surface area (Å²) in [7, 11) is 3.73. The first-order valence-electron chi connectivity index (χ1n) is 15.0. The number of rotatable bonds is 10. The Balaban J connectivity index is 1.12. The number of alkyl halides is 3. The summed E-state index contributed by atoms with van der Waals surface area (Å²) in [6.07, 6.45) is -2.23. The van der Waals surface area contributed by atoms with E-state index in [1.165, 1.54) is 17.7 Å². The number of fused-ring (bicyclic) bond motifs is 2. The molecule has 0 unspecified atom stereocenters. The average Bonchev–Trinajstić information content (AvgIpc) is 3.45. The number of benzene rings is 3. The summed E-state index contributed by atoms with van der Waals surface area (Å²) in [6, 6.07) is 10.7. The third-order valence-corrected chi connectivity index (χ3v) is 9.07. The number of carbonyl (C=O) groups is 1. The molecule has 48 heavy (non-hydrogen) atoms. The lowest BCUT2D eigenvalue weighted by Gasteiger charge is -2.32. The van der Waals surface area contributed by atoms with Crippen LogP contribution in [0.2, 0.25) is 5.02 Å². The van der Waals surface area contributed by atoms with Crippen LogP contribution >= 0.6 is 22.9 Å². The number of amides is 2. The lowest BCUT2D eigenvalue weighted by atomic mass is 10.2. The average molecular weight is 701 g/mol. The molecular weight excluding hydrogens is 669 g/mol. The van der Waals surface area contributed by atoms with Gasteiger partial charge in [-0.3, -0.25) is 0 Å². The van der Waals surface area contributed by atoms with E-state index in [2.05, 4.69) is 47.7 Å². The molecule has 3 aromatic carbocycles. The number of nitrogens with one attached hydrogen (secondary N) is 3. The van der Waals surface area contributed by atoms with Gasteiger partial charge in [0.2, 0.25) is 0 Å². The van der Waals surface area contributed by atoms with Crippen molar-refractivity contribution in [2.45, 2.75) is 12.6 Å². The summed E-state index contributed by atoms with van der Waals surface area (Å²) < 4.78 is 51.8. The van der Waals surface area contributed by atoms with E-state index in [-0.39, 0.29) is 10.7 Å². The number of ether oxygens (including phenoxy) is 2. The molecule has 2 amide bonds. The highest BCUT2D eigenvalue weighted by Gasteiger charge is 2.31. The topological polar surface area (TPSA) is 117 Å². The Morgan fingerprint density at radius 2 is 1.81 bits per heavy atom. The van der Waals surface area contributed by atoms with Gasteiger partial charge in [0.1, 0.15) is 12.1 Å². The van der Waals surface area contributed by atoms with Gasteiger partial charge in [-0.1, -0.05) is 22.9 Å². The molecule has 1 aliphatic heterocycles. The maximum absolute atomic E-state index is 13.1. The van der Waals surface area contributed by atoms with Gasteiger partial charge in [0, 0.05) is 49.9 Å². The van der Waals surface area contributed by atoms with E-state index < -0.39 is 17.8 Å². The maximum Gasteiger partial charge on any atom is 0.416 e. The Kier molecular flexibility index (Phi) is 10.0. The first-order chi connectivity index (χ1) is 23.1. The number of urea groups is 1. The van der Waals surface area contributed by atoms with Gasteiger partial charge in [-0.15, -0.1) is 0 Å². The normalized spacial score (nSPS) is 14.3. The first kappa shape index (κ1) is 33.5. The SMILES string of the molecule is COc1cc2c(Nc3nc4ccc(NC(=O)Nc5cc(C(F)(F)F)ccc5Cl)cc4s3)ncnc2cc1OCCCN1CCN(C)CC1. The summed E-state index contributed by atoms with van der Waals surface area (Å²) in [5.74, 6) is 1.69. The summed E-state index contributed by atoms with van der Waals surface area (Å²) in [4.78, 5) is 30.9. The van der Waals surface area contributed by atoms with Crippen LogP contribution in [-0.2, 0) is 6.18 Å². The van der Waals surface area contributed by atoms with Crippen LogP contribution in [-0.4, -0.2) is 84.3 Å². The fourth-order valence-electron chi connectivity index (χ4n) is 5.22. The third kappa shape index (κ3) is 7.98. The molecule has 0 saturated carbocycles. The number of methoxy groups -OCH3 is 1. The second-order valence-corrected chi connectivity index (χ2v) is 12.6. The Hall–Kier alpha value is -4.44. The lowest BCUT2D eigenvalue weighted by molar-refractivity contribution is -0.137. The van der Waals surface area contributed by atoms with Crippen LogP contribution in [0, 0.1) is 0 Å². The number of thiazole rings is 1. The molecule has 3 N–H and O–H groups in total. The van der Waals surface area contributed by atoms with E-state index >= 15 is 0 Å². The molecule has 1 saturated heterocycles. The molecule has 0 atom stereocenters. The van der Waals surface area contributed by atoms with Crippen molar-refractivity contribution < 1.29 is 27.4 Å². The summed E-state index contributed by atoms with van der Waals surface area (Å²) in [5.41, 5.74) is 0.651. The molecule has 2 aromatic heterocycles. The molecule has 0 radical (unpaired) electrons. The van der Waals surface area contributed by atoms with Crippen LogP contribution < -0.4 is 25.4 Å². The molecule has 6 rings (SSSR count). The summed E-state index contributed by atoms with van der Waals surface area (Å²) in [5, 5.41) is 9.49. The van der Waals surface area contributed by atoms with Gasteiger partial charge >= 0.3 is 12.2 Å². The fraction of sp³-hybridized carbons (Fsp3) is 0.312. The van der Waals surface area contributed by atoms with E-state index in [0.29, 0.717) is 51.2 Å². The minimum Gasteiger partial charge on any atom is -0.493 e. The van der Waals surface area contributed by atoms with E-state index in [9.17, 15) is 18.0 Å². The van der Waals surface area contributed by atoms with Gasteiger partial charge in [-0.25, -0.2) is 19.7 Å². The number of anilines is 4. The highest BCUT2D eigenvalue weighted by molar-refractivity contribution is 7.22. The lowest BCUT2D eigenvalue weighted by Crippen LogP contribution is -2.44. The van der Waals surface area contributed by atoms with Crippen LogP contribution in [0.4, 0.5) is 40.3 Å². The number of nitrogens with zero attached hydrogens (tertiary/aromatic N) is 5. The molecule has 11 nitrogen and oxygen atoms in total. The Morgan fingerprint density at radius 3 is 2.58 bits per heavy atom. The summed E-state index contributed by atoms with van der Waals surface area (Å²) in [6.45, 7) is 5.81. The van der Waals surface area contributed by atoms with Gasteiger partial charge in [-0.05, 0) is 55.9 Å². The van der Waals surface area contributed by atoms with Gasteiger partial charge in [0.05, 0.1) is 45.7 Å². The molecule has 0 bridgehead atoms. The van der Waals surface area contributed by atoms with Gasteiger partial charge in [0.25, 0.3) is 0 Å². The van der Waals surface area contributed by atoms with Crippen LogP contribution in [0.3, 0.4) is 0 Å². The van der Waals surface area contributed by atoms with Gasteiger partial charge < -0.3 is 35.2 Å². The smallest absolute Gasteiger partial charge is 0.416 e. The van der Waals surface area contributed by atoms with Crippen molar-refractivity contribution in [3.63, 3.8) is 0 Å². The van der Waals surface area contributed by atoms with Crippen molar-refractivity contribution in [1.29, 1.82) is 0 Å². The zero-order chi connectivity index (χ0) is 33.8. The highest BCUT2D eigenvalue weighted by atomic mass is 35.5. The van der Waals surface area contributed by atoms with E-state index in [1.54, 1.807) is 25.3 Å². The summed E-state index contributed by atoms with van der Waals surface area (Å²) >= 11 is 7.34. The van der Waals surface area contributed by atoms with Crippen molar-refractivity contribution in [3.05, 3.63) is 65.4 Å². The van der Waals surface area contributed by atoms with Crippen LogP contribution in [0.1, 0.15) is 12.0 Å². The van der Waals surface area contributed by atoms with Crippen molar-refractivity contribution in [1.82, 2.24) is 24.8 Å². The standard InChI is InChI=1S/C32H32ClF3N8O3S/c1-43-9-11-44(12-10-43)8-3-13-47-27-17-24-21(16-26(27)46-2)29(38-18-37-24)42-31-41-23-7-5-20(15-28(23)48-31)39-30(45)40-25-14-19(32(34,35)36)4-6-22(25)33/h4-7,14-18H,3,8-13H2,1-2H3,(H2,39,40,45)(H,37,38,41,42). The molecule has 16 heteroatoms. The molecule has 0 spiro atoms. The number of carbonyl (C=O) groups excluding carboxylic acids is 1. The minimum absolute atomic E-state index is 0.0258. The predicted octanol–water partition coefficient (Wildman–Crippen LogP) is 7.32. The first-order valence-corrected chi connectivity index (χ1v) is 16.2. The third-order valence-electron chi connectivity index (χ3n) is 7.81. The van der Waals surface area contributed by atoms with E-state index in [0.717, 1.165) is 62.0 Å². The molecule has 5 aromatic rings. The van der Waals surface area contributed by atoms with Crippen molar-refractivity contribution in [2.24, 2.45) is 0 Å². The maximum atomic E-state index is 13.1. The fourth-order valence-corrected chi connectivity index (χ4v) is 6.29. The monoisotopic (exact) mass is 700 g/mol. The number of hydrogen-bond donors (Lipinski definition) is 3. The number of piperazine rings is 1. The number of hydrogen-bond acceptors (Lipinski definition) is 10. The van der Waals surface area contributed by atoms with Crippen LogP contribution in [0.5, 0.6) is 11.5 Å². The molecular formula is C32H32ClF3N8O3S. The van der Waals surface area contributed by atoms with E-state index in [4.69, 9.17) is 21.1 Å². The quantitative estimate of drug-likeness (QED) is 0.129. The van der Waals surface area contributed by atoms with E-state index in [1.807, 2.05) is 12.1 Å². The second kappa shape index (κ2) is 14.4. The zero-order valence-corrected chi connectivity index (χ0v) is 27.6. The Labute approximate surface area is 283 Å². The Morgan fingerprint density at radius 1 is 1.00 bits per heavy atom.